The van der Waals surface area contributed by atoms with Crippen LogP contribution in [0.25, 0.3) is 0 Å². The molecule has 0 N–H and O–H groups in total. The highest BCUT2D eigenvalue weighted by Crippen LogP contribution is 2.11. The van der Waals surface area contributed by atoms with E-state index in [1.165, 1.54) is 11.1 Å². The summed E-state index contributed by atoms with van der Waals surface area (Å²) in [5.41, 5.74) is 6.69. The SMILES string of the molecule is CC(C)c1cccnn1.CC(C)c1ccncn1.CC(C)c1ccnnc1.CC(C)c1cnccn1.CC(C)c1cnccn1.CC(C)c1cncnc1. The molecule has 54 heavy (non-hydrogen) atoms. The first kappa shape index (κ1) is 46.5. The zero-order valence-electron chi connectivity index (χ0n) is 34.2. The third-order valence-corrected chi connectivity index (χ3v) is 7.25. The Labute approximate surface area is 323 Å². The molecule has 0 atom stereocenters. The molecule has 0 aromatic carbocycles. The number of nitrogens with zero attached hydrogens (tertiary/aromatic N) is 12. The lowest BCUT2D eigenvalue weighted by Crippen LogP contribution is -1.92. The molecule has 6 aromatic heterocycles. The monoisotopic (exact) mass is 733 g/mol. The number of aromatic nitrogens is 12. The quantitative estimate of drug-likeness (QED) is 0.160. The number of rotatable bonds is 6. The molecular weight excluding hydrogens is 673 g/mol. The Morgan fingerprint density at radius 2 is 0.889 bits per heavy atom. The first-order valence-corrected chi connectivity index (χ1v) is 18.4. The molecule has 0 aliphatic heterocycles. The van der Waals surface area contributed by atoms with Crippen LogP contribution in [-0.4, -0.2) is 60.3 Å². The predicted molar refractivity (Wildman–Crippen MR) is 217 cm³/mol. The summed E-state index contributed by atoms with van der Waals surface area (Å²) in [4.78, 5) is 31.8. The van der Waals surface area contributed by atoms with Crippen LogP contribution in [0.3, 0.4) is 0 Å². The molecule has 0 aliphatic rings. The third kappa shape index (κ3) is 21.8. The third-order valence-electron chi connectivity index (χ3n) is 7.25. The second kappa shape index (κ2) is 28.0. The van der Waals surface area contributed by atoms with Crippen molar-refractivity contribution in [1.82, 2.24) is 60.3 Å². The van der Waals surface area contributed by atoms with Crippen molar-refractivity contribution in [3.05, 3.63) is 145 Å². The van der Waals surface area contributed by atoms with Gasteiger partial charge < -0.3 is 0 Å². The van der Waals surface area contributed by atoms with Crippen molar-refractivity contribution in [2.24, 2.45) is 0 Å². The van der Waals surface area contributed by atoms with Gasteiger partial charge in [0.2, 0.25) is 0 Å². The summed E-state index contributed by atoms with van der Waals surface area (Å²) in [6.07, 6.45) is 24.2. The fraction of sp³-hybridized carbons (Fsp3) is 0.429. The number of hydrogen-bond acceptors (Lipinski definition) is 12. The van der Waals surface area contributed by atoms with Crippen LogP contribution in [0.2, 0.25) is 0 Å². The van der Waals surface area contributed by atoms with Gasteiger partial charge in [-0.2, -0.15) is 20.4 Å². The van der Waals surface area contributed by atoms with E-state index in [0.29, 0.717) is 35.5 Å². The maximum absolute atomic E-state index is 4.12. The van der Waals surface area contributed by atoms with E-state index in [2.05, 4.69) is 143 Å². The van der Waals surface area contributed by atoms with Crippen molar-refractivity contribution in [2.45, 2.75) is 119 Å². The smallest absolute Gasteiger partial charge is 0.115 e. The summed E-state index contributed by atoms with van der Waals surface area (Å²) in [5, 5.41) is 15.1. The Hall–Kier alpha value is -5.52. The van der Waals surface area contributed by atoms with E-state index in [4.69, 9.17) is 0 Å². The van der Waals surface area contributed by atoms with Gasteiger partial charge in [0.15, 0.2) is 0 Å². The lowest BCUT2D eigenvalue weighted by Gasteiger charge is -2.00. The molecule has 0 amide bonds. The van der Waals surface area contributed by atoms with Gasteiger partial charge in [-0.3, -0.25) is 19.9 Å². The van der Waals surface area contributed by atoms with Gasteiger partial charge in [-0.15, -0.1) is 0 Å². The molecule has 0 bridgehead atoms. The second-order valence-corrected chi connectivity index (χ2v) is 13.8. The minimum Gasteiger partial charge on any atom is -0.261 e. The summed E-state index contributed by atoms with van der Waals surface area (Å²) in [6.45, 7) is 25.4. The summed E-state index contributed by atoms with van der Waals surface area (Å²) < 4.78 is 0. The van der Waals surface area contributed by atoms with Crippen molar-refractivity contribution in [1.29, 1.82) is 0 Å². The molecule has 288 valence electrons. The molecule has 12 nitrogen and oxygen atoms in total. The number of hydrogen-bond donors (Lipinski definition) is 0. The topological polar surface area (TPSA) is 155 Å². The maximum Gasteiger partial charge on any atom is 0.115 e. The largest absolute Gasteiger partial charge is 0.261 e. The summed E-state index contributed by atoms with van der Waals surface area (Å²) in [6, 6.07) is 7.81. The molecule has 0 unspecified atom stereocenters. The zero-order chi connectivity index (χ0) is 40.1. The minimum absolute atomic E-state index is 0.485. The average molecular weight is 733 g/mol. The van der Waals surface area contributed by atoms with Gasteiger partial charge in [0.1, 0.15) is 12.7 Å². The van der Waals surface area contributed by atoms with Gasteiger partial charge in [0.25, 0.3) is 0 Å². The Morgan fingerprint density at radius 1 is 0.333 bits per heavy atom. The molecule has 0 radical (unpaired) electrons. The van der Waals surface area contributed by atoms with E-state index in [-0.39, 0.29) is 0 Å². The lowest BCUT2D eigenvalue weighted by atomic mass is 10.1. The summed E-state index contributed by atoms with van der Waals surface area (Å²) in [7, 11) is 0. The van der Waals surface area contributed by atoms with E-state index >= 15 is 0 Å². The molecule has 6 rings (SSSR count). The Kier molecular flexibility index (Phi) is 24.1. The van der Waals surface area contributed by atoms with Crippen molar-refractivity contribution in [3.8, 4) is 0 Å². The highest BCUT2D eigenvalue weighted by molar-refractivity contribution is 5.09. The molecule has 0 fully saturated rings. The van der Waals surface area contributed by atoms with Crippen molar-refractivity contribution >= 4 is 0 Å². The Balaban J connectivity index is 0.000000324. The highest BCUT2D eigenvalue weighted by Gasteiger charge is 1.99. The van der Waals surface area contributed by atoms with Gasteiger partial charge in [-0.05, 0) is 70.9 Å². The molecule has 12 heteroatoms. The van der Waals surface area contributed by atoms with Crippen LogP contribution >= 0.6 is 0 Å². The fourth-order valence-corrected chi connectivity index (χ4v) is 3.73. The van der Waals surface area contributed by atoms with Gasteiger partial charge in [0, 0.05) is 73.9 Å². The van der Waals surface area contributed by atoms with Crippen LogP contribution in [0.1, 0.15) is 152 Å². The van der Waals surface area contributed by atoms with Gasteiger partial charge in [-0.25, -0.2) is 19.9 Å². The lowest BCUT2D eigenvalue weighted by molar-refractivity contribution is 0.785. The van der Waals surface area contributed by atoms with Crippen molar-refractivity contribution in [2.75, 3.05) is 0 Å². The van der Waals surface area contributed by atoms with Crippen LogP contribution in [0.4, 0.5) is 0 Å². The molecule has 0 saturated heterocycles. The summed E-state index contributed by atoms with van der Waals surface area (Å²) in [5.74, 6) is 3.05. The molecular formula is C42H60N12. The maximum atomic E-state index is 4.12. The van der Waals surface area contributed by atoms with E-state index in [9.17, 15) is 0 Å². The van der Waals surface area contributed by atoms with E-state index in [1.807, 2.05) is 36.7 Å². The fourth-order valence-electron chi connectivity index (χ4n) is 3.73. The Morgan fingerprint density at radius 3 is 1.17 bits per heavy atom. The van der Waals surface area contributed by atoms with Crippen LogP contribution in [0.15, 0.2) is 111 Å². The van der Waals surface area contributed by atoms with Crippen LogP contribution in [0, 0.1) is 0 Å². The highest BCUT2D eigenvalue weighted by atomic mass is 15.1. The van der Waals surface area contributed by atoms with Crippen molar-refractivity contribution < 1.29 is 0 Å². The first-order valence-electron chi connectivity index (χ1n) is 18.4. The van der Waals surface area contributed by atoms with E-state index in [1.54, 1.807) is 74.6 Å². The van der Waals surface area contributed by atoms with Crippen LogP contribution < -0.4 is 0 Å². The van der Waals surface area contributed by atoms with Crippen molar-refractivity contribution in [3.63, 3.8) is 0 Å². The van der Waals surface area contributed by atoms with Gasteiger partial charge in [0.05, 0.1) is 23.3 Å². The standard InChI is InChI=1S/6C7H10N2/c1-6(2)7-3-8-5-9-4-7;2*1-6(2)7-5-8-3-4-9-7;1-6(2)7-3-4-8-5-9-7;1-6(2)7-3-4-8-9-5-7;1-6(2)7-4-3-5-8-9-7/h6*3-6H,1-2H3. The van der Waals surface area contributed by atoms with E-state index < -0.39 is 0 Å². The predicted octanol–water partition coefficient (Wildman–Crippen LogP) is 9.60. The summed E-state index contributed by atoms with van der Waals surface area (Å²) >= 11 is 0. The average Bonchev–Trinajstić information content (AvgIpc) is 3.21. The molecule has 6 aromatic rings. The van der Waals surface area contributed by atoms with Crippen LogP contribution in [-0.2, 0) is 0 Å². The minimum atomic E-state index is 0.485. The molecule has 0 aliphatic carbocycles. The first-order chi connectivity index (χ1) is 25.8. The molecule has 0 saturated carbocycles. The Bertz CT molecular complexity index is 1350. The van der Waals surface area contributed by atoms with Crippen LogP contribution in [0.5, 0.6) is 0 Å². The molecule has 0 spiro atoms. The van der Waals surface area contributed by atoms with Gasteiger partial charge in [-0.1, -0.05) is 83.1 Å². The second-order valence-electron chi connectivity index (χ2n) is 13.8. The normalized spacial score (nSPS) is 10.1. The van der Waals surface area contributed by atoms with E-state index in [0.717, 1.165) is 22.8 Å². The zero-order valence-corrected chi connectivity index (χ0v) is 34.2. The molecule has 6 heterocycles. The van der Waals surface area contributed by atoms with Gasteiger partial charge >= 0.3 is 0 Å².